The molecule has 0 aromatic rings. The first-order chi connectivity index (χ1) is 6.74. The molecular formula is C9H16N2O3. The van der Waals surface area contributed by atoms with Crippen LogP contribution in [0.4, 0.5) is 0 Å². The molecule has 1 aliphatic rings. The Morgan fingerprint density at radius 3 is 3.00 bits per heavy atom. The van der Waals surface area contributed by atoms with Crippen molar-refractivity contribution in [2.24, 2.45) is 0 Å². The summed E-state index contributed by atoms with van der Waals surface area (Å²) in [6, 6.07) is 0. The van der Waals surface area contributed by atoms with E-state index >= 15 is 0 Å². The monoisotopic (exact) mass is 200 g/mol. The number of rotatable bonds is 4. The topological polar surface area (TPSA) is 58.6 Å². The summed E-state index contributed by atoms with van der Waals surface area (Å²) < 4.78 is 4.71. The molecule has 0 radical (unpaired) electrons. The second kappa shape index (κ2) is 5.59. The third-order valence-corrected chi connectivity index (χ3v) is 2.15. The van der Waals surface area contributed by atoms with Crippen molar-refractivity contribution in [2.75, 3.05) is 33.3 Å². The van der Waals surface area contributed by atoms with E-state index in [1.165, 1.54) is 0 Å². The summed E-state index contributed by atoms with van der Waals surface area (Å²) >= 11 is 0. The maximum Gasteiger partial charge on any atom is 0.308 e. The number of nitrogens with one attached hydrogen (secondary N) is 1. The van der Waals surface area contributed by atoms with Crippen molar-refractivity contribution in [1.29, 1.82) is 0 Å². The lowest BCUT2D eigenvalue weighted by molar-refractivity contribution is -0.147. The summed E-state index contributed by atoms with van der Waals surface area (Å²) in [5, 5.41) is 3.01. The third-order valence-electron chi connectivity index (χ3n) is 2.15. The van der Waals surface area contributed by atoms with Crippen LogP contribution in [0.1, 0.15) is 12.8 Å². The highest BCUT2D eigenvalue weighted by atomic mass is 16.5. The Morgan fingerprint density at radius 1 is 1.50 bits per heavy atom. The van der Waals surface area contributed by atoms with Gasteiger partial charge in [-0.25, -0.2) is 0 Å². The summed E-state index contributed by atoms with van der Waals surface area (Å²) in [5.41, 5.74) is 0. The van der Waals surface area contributed by atoms with E-state index in [1.807, 2.05) is 7.05 Å². The van der Waals surface area contributed by atoms with Crippen LogP contribution >= 0.6 is 0 Å². The molecule has 0 spiro atoms. The van der Waals surface area contributed by atoms with Gasteiger partial charge in [0.1, 0.15) is 0 Å². The molecule has 0 bridgehead atoms. The van der Waals surface area contributed by atoms with E-state index < -0.39 is 0 Å². The van der Waals surface area contributed by atoms with Gasteiger partial charge in [-0.1, -0.05) is 0 Å². The second-order valence-corrected chi connectivity index (χ2v) is 3.25. The molecule has 0 unspecified atom stereocenters. The first-order valence-electron chi connectivity index (χ1n) is 4.82. The van der Waals surface area contributed by atoms with Crippen LogP contribution in [0.2, 0.25) is 0 Å². The summed E-state index contributed by atoms with van der Waals surface area (Å²) in [6.45, 7) is 1.95. The van der Waals surface area contributed by atoms with Gasteiger partial charge in [-0.05, 0) is 20.0 Å². The number of hydrogen-bond acceptors (Lipinski definition) is 4. The van der Waals surface area contributed by atoms with Crippen LogP contribution in [0, 0.1) is 0 Å². The summed E-state index contributed by atoms with van der Waals surface area (Å²) in [6.07, 6.45) is 1.21. The number of cyclic esters (lactones) is 1. The van der Waals surface area contributed by atoms with Crippen molar-refractivity contribution in [3.8, 4) is 0 Å². The maximum absolute atomic E-state index is 11.4. The minimum atomic E-state index is -0.283. The van der Waals surface area contributed by atoms with Gasteiger partial charge in [-0.2, -0.15) is 0 Å². The Kier molecular flexibility index (Phi) is 4.39. The highest BCUT2D eigenvalue weighted by molar-refractivity contribution is 5.82. The van der Waals surface area contributed by atoms with E-state index in [0.29, 0.717) is 19.5 Å². The van der Waals surface area contributed by atoms with Crippen molar-refractivity contribution in [3.05, 3.63) is 0 Å². The minimum Gasteiger partial charge on any atom is -0.456 e. The number of esters is 1. The lowest BCUT2D eigenvalue weighted by Gasteiger charge is -2.18. The maximum atomic E-state index is 11.4. The SMILES string of the molecule is CNCCCN1CCC(=O)OCC1=O. The van der Waals surface area contributed by atoms with Gasteiger partial charge in [-0.15, -0.1) is 0 Å². The second-order valence-electron chi connectivity index (χ2n) is 3.25. The molecule has 0 aliphatic carbocycles. The third kappa shape index (κ3) is 3.33. The molecule has 0 aromatic carbocycles. The smallest absolute Gasteiger partial charge is 0.308 e. The fourth-order valence-electron chi connectivity index (χ4n) is 1.34. The van der Waals surface area contributed by atoms with Crippen molar-refractivity contribution >= 4 is 11.9 Å². The molecule has 80 valence electrons. The van der Waals surface area contributed by atoms with Crippen molar-refractivity contribution < 1.29 is 14.3 Å². The zero-order chi connectivity index (χ0) is 10.4. The average Bonchev–Trinajstić information content (AvgIpc) is 2.33. The van der Waals surface area contributed by atoms with Crippen LogP contribution in [0.5, 0.6) is 0 Å². The average molecular weight is 200 g/mol. The quantitative estimate of drug-likeness (QED) is 0.485. The van der Waals surface area contributed by atoms with E-state index in [1.54, 1.807) is 4.90 Å². The molecule has 14 heavy (non-hydrogen) atoms. The van der Waals surface area contributed by atoms with E-state index in [0.717, 1.165) is 13.0 Å². The molecular weight excluding hydrogens is 184 g/mol. The molecule has 1 aliphatic heterocycles. The molecule has 1 heterocycles. The zero-order valence-corrected chi connectivity index (χ0v) is 8.41. The largest absolute Gasteiger partial charge is 0.456 e. The Balaban J connectivity index is 2.34. The van der Waals surface area contributed by atoms with Crippen molar-refractivity contribution in [1.82, 2.24) is 10.2 Å². The van der Waals surface area contributed by atoms with Crippen LogP contribution < -0.4 is 5.32 Å². The Labute approximate surface area is 83.4 Å². The molecule has 0 aromatic heterocycles. The predicted molar refractivity (Wildman–Crippen MR) is 50.7 cm³/mol. The van der Waals surface area contributed by atoms with E-state index in [4.69, 9.17) is 4.74 Å². The lowest BCUT2D eigenvalue weighted by Crippen LogP contribution is -2.34. The lowest BCUT2D eigenvalue weighted by atomic mass is 10.3. The number of amides is 1. The molecule has 5 nitrogen and oxygen atoms in total. The van der Waals surface area contributed by atoms with Gasteiger partial charge in [-0.3, -0.25) is 9.59 Å². The Morgan fingerprint density at radius 2 is 2.29 bits per heavy atom. The zero-order valence-electron chi connectivity index (χ0n) is 8.41. The normalized spacial score (nSPS) is 17.9. The van der Waals surface area contributed by atoms with E-state index in [2.05, 4.69) is 5.32 Å². The van der Waals surface area contributed by atoms with Crippen LogP contribution in [0.15, 0.2) is 0 Å². The fraction of sp³-hybridized carbons (Fsp3) is 0.778. The summed E-state index contributed by atoms with van der Waals surface area (Å²) in [5.74, 6) is -0.374. The van der Waals surface area contributed by atoms with Crippen LogP contribution in [0.3, 0.4) is 0 Å². The Bertz CT molecular complexity index is 218. The number of hydrogen-bond donors (Lipinski definition) is 1. The molecule has 0 atom stereocenters. The number of carbonyl (C=O) groups is 2. The Hall–Kier alpha value is -1.10. The van der Waals surface area contributed by atoms with Gasteiger partial charge in [0.25, 0.3) is 5.91 Å². The predicted octanol–water partition coefficient (Wildman–Crippen LogP) is -0.629. The number of nitrogens with zero attached hydrogens (tertiary/aromatic N) is 1. The van der Waals surface area contributed by atoms with Crippen LogP contribution in [-0.2, 0) is 14.3 Å². The number of carbonyl (C=O) groups excluding carboxylic acids is 2. The summed E-state index contributed by atoms with van der Waals surface area (Å²) in [7, 11) is 1.87. The van der Waals surface area contributed by atoms with Crippen molar-refractivity contribution in [3.63, 3.8) is 0 Å². The van der Waals surface area contributed by atoms with Gasteiger partial charge < -0.3 is 15.0 Å². The molecule has 1 amide bonds. The minimum absolute atomic E-state index is 0.0908. The van der Waals surface area contributed by atoms with E-state index in [-0.39, 0.29) is 18.5 Å². The molecule has 5 heteroatoms. The molecule has 1 fully saturated rings. The van der Waals surface area contributed by atoms with Crippen LogP contribution in [-0.4, -0.2) is 50.1 Å². The highest BCUT2D eigenvalue weighted by Gasteiger charge is 2.20. The first kappa shape index (κ1) is 11.0. The molecule has 0 saturated carbocycles. The van der Waals surface area contributed by atoms with Gasteiger partial charge in [0, 0.05) is 13.1 Å². The first-order valence-corrected chi connectivity index (χ1v) is 4.82. The molecule has 1 rings (SSSR count). The van der Waals surface area contributed by atoms with Gasteiger partial charge in [0.15, 0.2) is 6.61 Å². The molecule has 1 N–H and O–H groups in total. The molecule has 1 saturated heterocycles. The van der Waals surface area contributed by atoms with Crippen molar-refractivity contribution in [2.45, 2.75) is 12.8 Å². The van der Waals surface area contributed by atoms with E-state index in [9.17, 15) is 9.59 Å². The standard InChI is InChI=1S/C9H16N2O3/c1-10-4-2-5-11-6-3-9(13)14-7-8(11)12/h10H,2-7H2,1H3. The van der Waals surface area contributed by atoms with Gasteiger partial charge in [0.05, 0.1) is 6.42 Å². The van der Waals surface area contributed by atoms with Gasteiger partial charge in [0.2, 0.25) is 0 Å². The van der Waals surface area contributed by atoms with Gasteiger partial charge >= 0.3 is 5.97 Å². The number of ether oxygens (including phenoxy) is 1. The van der Waals surface area contributed by atoms with Crippen LogP contribution in [0.25, 0.3) is 0 Å². The summed E-state index contributed by atoms with van der Waals surface area (Å²) in [4.78, 5) is 24.0. The highest BCUT2D eigenvalue weighted by Crippen LogP contribution is 2.02. The fourth-order valence-corrected chi connectivity index (χ4v) is 1.34.